The van der Waals surface area contributed by atoms with Gasteiger partial charge in [0.2, 0.25) is 0 Å². The zero-order chi connectivity index (χ0) is 18.1. The first-order valence-corrected chi connectivity index (χ1v) is 6.10. The summed E-state index contributed by atoms with van der Waals surface area (Å²) >= 11 is 0. The predicted molar refractivity (Wildman–Crippen MR) is 72.9 cm³/mol. The summed E-state index contributed by atoms with van der Waals surface area (Å²) < 4.78 is 42.5. The Morgan fingerprint density at radius 1 is 0.917 bits per heavy atom. The summed E-state index contributed by atoms with van der Waals surface area (Å²) in [6, 6.07) is 4.79. The van der Waals surface area contributed by atoms with Gasteiger partial charge in [0.1, 0.15) is 11.5 Å². The number of nitro benzene ring substituents is 2. The molecule has 0 bridgehead atoms. The lowest BCUT2D eigenvalue weighted by Crippen LogP contribution is -2.04. The van der Waals surface area contributed by atoms with Crippen LogP contribution in [0.1, 0.15) is 5.56 Å². The summed E-state index contributed by atoms with van der Waals surface area (Å²) in [5, 5.41) is 31.1. The third kappa shape index (κ3) is 3.51. The average Bonchev–Trinajstić information content (AvgIpc) is 2.48. The number of halogens is 3. The lowest BCUT2D eigenvalue weighted by molar-refractivity contribution is -0.396. The molecular weight excluding hydrogens is 337 g/mol. The average molecular weight is 344 g/mol. The summed E-state index contributed by atoms with van der Waals surface area (Å²) in [6.07, 6.45) is -4.55. The fourth-order valence-electron chi connectivity index (χ4n) is 1.76. The molecule has 2 aromatic carbocycles. The van der Waals surface area contributed by atoms with E-state index >= 15 is 0 Å². The Hall–Kier alpha value is -3.37. The van der Waals surface area contributed by atoms with Crippen molar-refractivity contribution in [3.05, 3.63) is 62.2 Å². The fraction of sp³-hybridized carbons (Fsp3) is 0.0769. The van der Waals surface area contributed by atoms with Crippen LogP contribution in [0.15, 0.2) is 36.4 Å². The van der Waals surface area contributed by atoms with Gasteiger partial charge in [0, 0.05) is 0 Å². The van der Waals surface area contributed by atoms with Crippen LogP contribution in [0.25, 0.3) is 0 Å². The van der Waals surface area contributed by atoms with Gasteiger partial charge in [0.05, 0.1) is 27.5 Å². The van der Waals surface area contributed by atoms with Crippen molar-refractivity contribution in [2.24, 2.45) is 0 Å². The number of nitro groups is 2. The maximum absolute atomic E-state index is 12.5. The fourth-order valence-corrected chi connectivity index (χ4v) is 1.76. The molecule has 0 radical (unpaired) electrons. The number of alkyl halides is 3. The molecule has 0 unspecified atom stereocenters. The van der Waals surface area contributed by atoms with E-state index in [0.717, 1.165) is 36.4 Å². The zero-order valence-corrected chi connectivity index (χ0v) is 11.5. The van der Waals surface area contributed by atoms with E-state index in [-0.39, 0.29) is 11.5 Å². The molecule has 2 aromatic rings. The monoisotopic (exact) mass is 344 g/mol. The third-order valence-electron chi connectivity index (χ3n) is 2.85. The summed E-state index contributed by atoms with van der Waals surface area (Å²) in [7, 11) is 0. The Bertz CT molecular complexity index is 769. The molecule has 0 aliphatic heterocycles. The second kappa shape index (κ2) is 6.02. The largest absolute Gasteiger partial charge is 0.497 e. The minimum absolute atomic E-state index is 0.128. The number of rotatable bonds is 4. The molecule has 11 heteroatoms. The maximum atomic E-state index is 12.5. The molecule has 0 amide bonds. The summed E-state index contributed by atoms with van der Waals surface area (Å²) in [4.78, 5) is 19.5. The van der Waals surface area contributed by atoms with Crippen LogP contribution in [-0.4, -0.2) is 15.0 Å². The van der Waals surface area contributed by atoms with Crippen LogP contribution in [0, 0.1) is 20.2 Å². The zero-order valence-electron chi connectivity index (χ0n) is 11.5. The van der Waals surface area contributed by atoms with E-state index in [0.29, 0.717) is 0 Å². The molecule has 0 saturated heterocycles. The highest BCUT2D eigenvalue weighted by molar-refractivity contribution is 5.63. The molecule has 0 fully saturated rings. The van der Waals surface area contributed by atoms with Crippen LogP contribution >= 0.6 is 0 Å². The van der Waals surface area contributed by atoms with Crippen LogP contribution < -0.4 is 4.74 Å². The highest BCUT2D eigenvalue weighted by Crippen LogP contribution is 2.40. The van der Waals surface area contributed by atoms with Crippen LogP contribution in [-0.2, 0) is 6.18 Å². The van der Waals surface area contributed by atoms with Gasteiger partial charge in [-0.2, -0.15) is 13.2 Å². The standard InChI is InChI=1S/C13H7F3N2O6/c14-13(15,16)7-1-3-8(4-2-7)24-9-5-10(17(20)21)12(19)11(6-9)18(22)23/h1-6,19H. The molecule has 24 heavy (non-hydrogen) atoms. The highest BCUT2D eigenvalue weighted by Gasteiger charge is 2.30. The lowest BCUT2D eigenvalue weighted by atomic mass is 10.2. The van der Waals surface area contributed by atoms with Crippen molar-refractivity contribution < 1.29 is 32.9 Å². The number of hydrogen-bond acceptors (Lipinski definition) is 6. The van der Waals surface area contributed by atoms with Gasteiger partial charge >= 0.3 is 17.6 Å². The first-order chi connectivity index (χ1) is 11.1. The van der Waals surface area contributed by atoms with Gasteiger partial charge in [0.25, 0.3) is 5.75 Å². The van der Waals surface area contributed by atoms with Crippen molar-refractivity contribution in [3.8, 4) is 17.2 Å². The van der Waals surface area contributed by atoms with E-state index in [1.807, 2.05) is 0 Å². The highest BCUT2D eigenvalue weighted by atomic mass is 19.4. The Morgan fingerprint density at radius 2 is 1.38 bits per heavy atom. The Labute approximate surface area is 131 Å². The number of ether oxygens (including phenoxy) is 1. The molecule has 0 aliphatic carbocycles. The topological polar surface area (TPSA) is 116 Å². The Balaban J connectivity index is 2.39. The number of hydrogen-bond donors (Lipinski definition) is 1. The van der Waals surface area contributed by atoms with E-state index in [2.05, 4.69) is 0 Å². The van der Waals surface area contributed by atoms with Crippen molar-refractivity contribution in [3.63, 3.8) is 0 Å². The van der Waals surface area contributed by atoms with E-state index in [4.69, 9.17) is 4.74 Å². The molecule has 0 heterocycles. The normalized spacial score (nSPS) is 11.1. The van der Waals surface area contributed by atoms with Crippen molar-refractivity contribution in [2.75, 3.05) is 0 Å². The lowest BCUT2D eigenvalue weighted by Gasteiger charge is -2.09. The molecule has 2 rings (SSSR count). The molecule has 8 nitrogen and oxygen atoms in total. The van der Waals surface area contributed by atoms with E-state index in [1.165, 1.54) is 0 Å². The second-order valence-corrected chi connectivity index (χ2v) is 4.45. The van der Waals surface area contributed by atoms with Gasteiger partial charge < -0.3 is 9.84 Å². The van der Waals surface area contributed by atoms with Gasteiger partial charge in [0.15, 0.2) is 0 Å². The van der Waals surface area contributed by atoms with Crippen LogP contribution in [0.4, 0.5) is 24.5 Å². The minimum atomic E-state index is -4.55. The molecule has 0 atom stereocenters. The number of phenols is 1. The summed E-state index contributed by atoms with van der Waals surface area (Å²) in [5.41, 5.74) is -2.87. The number of phenolic OH excluding ortho intramolecular Hbond substituents is 1. The minimum Gasteiger partial charge on any atom is -0.497 e. The quantitative estimate of drug-likeness (QED) is 0.661. The van der Waals surface area contributed by atoms with Gasteiger partial charge in [-0.25, -0.2) is 0 Å². The number of benzene rings is 2. The smallest absolute Gasteiger partial charge is 0.416 e. The SMILES string of the molecule is O=[N+]([O-])c1cc(Oc2ccc(C(F)(F)F)cc2)cc([N+](=O)[O-])c1O. The molecule has 126 valence electrons. The number of aromatic hydroxyl groups is 1. The van der Waals surface area contributed by atoms with E-state index in [1.54, 1.807) is 0 Å². The van der Waals surface area contributed by atoms with Crippen molar-refractivity contribution in [1.29, 1.82) is 0 Å². The molecule has 0 aromatic heterocycles. The van der Waals surface area contributed by atoms with Crippen molar-refractivity contribution in [1.82, 2.24) is 0 Å². The molecule has 0 spiro atoms. The second-order valence-electron chi connectivity index (χ2n) is 4.45. The van der Waals surface area contributed by atoms with E-state index in [9.17, 15) is 38.5 Å². The molecule has 0 saturated carbocycles. The molecule has 1 N–H and O–H groups in total. The first-order valence-electron chi connectivity index (χ1n) is 6.10. The Morgan fingerprint density at radius 3 is 1.75 bits per heavy atom. The van der Waals surface area contributed by atoms with Crippen molar-refractivity contribution in [2.45, 2.75) is 6.18 Å². The maximum Gasteiger partial charge on any atom is 0.416 e. The van der Waals surface area contributed by atoms with Crippen molar-refractivity contribution >= 4 is 11.4 Å². The summed E-state index contributed by atoms with van der Waals surface area (Å²) in [6.45, 7) is 0. The van der Waals surface area contributed by atoms with Gasteiger partial charge in [-0.05, 0) is 24.3 Å². The van der Waals surface area contributed by atoms with Crippen LogP contribution in [0.5, 0.6) is 17.2 Å². The van der Waals surface area contributed by atoms with E-state index < -0.39 is 38.7 Å². The van der Waals surface area contributed by atoms with Crippen LogP contribution in [0.3, 0.4) is 0 Å². The van der Waals surface area contributed by atoms with Gasteiger partial charge in [-0.1, -0.05) is 0 Å². The van der Waals surface area contributed by atoms with Crippen LogP contribution in [0.2, 0.25) is 0 Å². The number of nitrogens with zero attached hydrogens (tertiary/aromatic N) is 2. The first kappa shape index (κ1) is 17.0. The Kier molecular flexibility index (Phi) is 4.26. The molecule has 0 aliphatic rings. The predicted octanol–water partition coefficient (Wildman–Crippen LogP) is 4.02. The van der Waals surface area contributed by atoms with Gasteiger partial charge in [-0.15, -0.1) is 0 Å². The third-order valence-corrected chi connectivity index (χ3v) is 2.85. The van der Waals surface area contributed by atoms with Gasteiger partial charge in [-0.3, -0.25) is 20.2 Å². The molecular formula is C13H7F3N2O6. The summed E-state index contributed by atoms with van der Waals surface area (Å²) in [5.74, 6) is -1.66.